The van der Waals surface area contributed by atoms with E-state index in [1.54, 1.807) is 5.57 Å². The molecule has 40 valence electrons. The molecule has 1 aliphatic heterocycles. The Hall–Kier alpha value is 0.530. The first kappa shape index (κ1) is 5.66. The van der Waals surface area contributed by atoms with Crippen LogP contribution >= 0.6 is 0 Å². The molecule has 0 aromatic heterocycles. The van der Waals surface area contributed by atoms with E-state index in [1.807, 2.05) is 0 Å². The van der Waals surface area contributed by atoms with Crippen molar-refractivity contribution < 1.29 is 0 Å². The van der Waals surface area contributed by atoms with E-state index in [1.165, 1.54) is 15.4 Å². The summed E-state index contributed by atoms with van der Waals surface area (Å²) in [5, 5.41) is 0. The van der Waals surface area contributed by atoms with Crippen LogP contribution < -0.4 is 0 Å². The summed E-state index contributed by atoms with van der Waals surface area (Å²) in [5.74, 6) is 0. The molecule has 1 rings (SSSR count). The predicted molar refractivity (Wildman–Crippen MR) is 33.7 cm³/mol. The SMILES string of the molecule is CCC1=CC[Te]C1. The second kappa shape index (κ2) is 2.74. The van der Waals surface area contributed by atoms with Gasteiger partial charge in [0.25, 0.3) is 0 Å². The molecular formula is C6H10Te. The van der Waals surface area contributed by atoms with Crippen molar-refractivity contribution in [2.45, 2.75) is 22.3 Å². The molecule has 7 heavy (non-hydrogen) atoms. The van der Waals surface area contributed by atoms with E-state index >= 15 is 0 Å². The van der Waals surface area contributed by atoms with E-state index in [9.17, 15) is 0 Å². The molecule has 0 spiro atoms. The third kappa shape index (κ3) is 1.48. The Morgan fingerprint density at radius 2 is 2.71 bits per heavy atom. The van der Waals surface area contributed by atoms with Gasteiger partial charge in [-0.3, -0.25) is 0 Å². The third-order valence-electron chi connectivity index (χ3n) is 1.23. The molecule has 0 amide bonds. The zero-order valence-electron chi connectivity index (χ0n) is 4.61. The Morgan fingerprint density at radius 1 is 1.86 bits per heavy atom. The van der Waals surface area contributed by atoms with Crippen LogP contribution in [0.15, 0.2) is 11.6 Å². The van der Waals surface area contributed by atoms with Gasteiger partial charge in [-0.2, -0.15) is 0 Å². The van der Waals surface area contributed by atoms with E-state index in [2.05, 4.69) is 13.0 Å². The fourth-order valence-corrected chi connectivity index (χ4v) is 3.68. The number of hydrogen-bond donors (Lipinski definition) is 0. The topological polar surface area (TPSA) is 0 Å². The van der Waals surface area contributed by atoms with Gasteiger partial charge in [0.05, 0.1) is 0 Å². The summed E-state index contributed by atoms with van der Waals surface area (Å²) in [6.07, 6.45) is 3.74. The summed E-state index contributed by atoms with van der Waals surface area (Å²) in [7, 11) is 0. The summed E-state index contributed by atoms with van der Waals surface area (Å²) in [4.78, 5) is 0. The van der Waals surface area contributed by atoms with Crippen LogP contribution in [-0.2, 0) is 0 Å². The molecule has 0 aromatic carbocycles. The van der Waals surface area contributed by atoms with Gasteiger partial charge in [0, 0.05) is 0 Å². The van der Waals surface area contributed by atoms with Crippen molar-refractivity contribution in [3.05, 3.63) is 11.6 Å². The average Bonchev–Trinajstić information content (AvgIpc) is 2.14. The maximum atomic E-state index is 2.43. The van der Waals surface area contributed by atoms with Crippen molar-refractivity contribution in [1.82, 2.24) is 0 Å². The molecule has 0 aliphatic carbocycles. The first-order valence-corrected chi connectivity index (χ1v) is 5.98. The first-order valence-electron chi connectivity index (χ1n) is 2.69. The van der Waals surface area contributed by atoms with Gasteiger partial charge in [-0.25, -0.2) is 0 Å². The van der Waals surface area contributed by atoms with Crippen molar-refractivity contribution >= 4 is 20.9 Å². The molecule has 0 bridgehead atoms. The van der Waals surface area contributed by atoms with Crippen molar-refractivity contribution in [2.24, 2.45) is 0 Å². The van der Waals surface area contributed by atoms with Gasteiger partial charge in [-0.05, 0) is 0 Å². The molecule has 0 fully saturated rings. The summed E-state index contributed by atoms with van der Waals surface area (Å²) in [6.45, 7) is 2.25. The van der Waals surface area contributed by atoms with Crippen molar-refractivity contribution in [1.29, 1.82) is 0 Å². The minimum atomic E-state index is 0.457. The molecular weight excluding hydrogens is 200 g/mol. The molecule has 0 aromatic rings. The zero-order chi connectivity index (χ0) is 5.11. The Balaban J connectivity index is 2.36. The standard InChI is InChI=1S/C6H10Te/c1-2-6-3-4-7-5-6/h3H,2,4-5H2,1H3. The maximum absolute atomic E-state index is 2.43. The zero-order valence-corrected chi connectivity index (χ0v) is 6.94. The summed E-state index contributed by atoms with van der Waals surface area (Å²) < 4.78 is 2.97. The summed E-state index contributed by atoms with van der Waals surface area (Å²) in [6, 6.07) is 0. The second-order valence-corrected chi connectivity index (χ2v) is 4.67. The van der Waals surface area contributed by atoms with Gasteiger partial charge >= 0.3 is 54.9 Å². The number of hydrogen-bond acceptors (Lipinski definition) is 0. The molecule has 0 atom stereocenters. The number of allylic oxidation sites excluding steroid dienone is 2. The fourth-order valence-electron chi connectivity index (χ4n) is 0.672. The van der Waals surface area contributed by atoms with Gasteiger partial charge in [-0.1, -0.05) is 0 Å². The molecule has 1 heteroatoms. The molecule has 1 heterocycles. The second-order valence-electron chi connectivity index (χ2n) is 1.73. The van der Waals surface area contributed by atoms with Crippen LogP contribution in [0.3, 0.4) is 0 Å². The van der Waals surface area contributed by atoms with Crippen LogP contribution in [0.1, 0.15) is 13.3 Å². The molecule has 1 aliphatic rings. The predicted octanol–water partition coefficient (Wildman–Crippen LogP) is 1.88. The monoisotopic (exact) mass is 212 g/mol. The molecule has 0 nitrogen and oxygen atoms in total. The van der Waals surface area contributed by atoms with Crippen molar-refractivity contribution in [3.63, 3.8) is 0 Å². The Kier molecular flexibility index (Phi) is 2.22. The van der Waals surface area contributed by atoms with Crippen LogP contribution in [0.4, 0.5) is 0 Å². The molecule has 0 saturated carbocycles. The summed E-state index contributed by atoms with van der Waals surface area (Å²) >= 11 is 0.457. The van der Waals surface area contributed by atoms with Crippen LogP contribution in [0.25, 0.3) is 0 Å². The van der Waals surface area contributed by atoms with Gasteiger partial charge in [0.15, 0.2) is 0 Å². The van der Waals surface area contributed by atoms with Crippen LogP contribution in [-0.4, -0.2) is 20.9 Å². The average molecular weight is 210 g/mol. The van der Waals surface area contributed by atoms with Gasteiger partial charge in [0.2, 0.25) is 0 Å². The Bertz CT molecular complexity index is 84.2. The van der Waals surface area contributed by atoms with E-state index in [0.717, 1.165) is 0 Å². The molecule has 0 N–H and O–H groups in total. The van der Waals surface area contributed by atoms with Crippen LogP contribution in [0.5, 0.6) is 0 Å². The Labute approximate surface area is 55.1 Å². The van der Waals surface area contributed by atoms with Crippen molar-refractivity contribution in [2.75, 3.05) is 0 Å². The third-order valence-corrected chi connectivity index (χ3v) is 4.02. The first-order chi connectivity index (χ1) is 3.43. The van der Waals surface area contributed by atoms with Crippen LogP contribution in [0.2, 0.25) is 8.94 Å². The summed E-state index contributed by atoms with van der Waals surface area (Å²) in [5.41, 5.74) is 1.72. The van der Waals surface area contributed by atoms with E-state index in [0.29, 0.717) is 20.9 Å². The minimum absolute atomic E-state index is 0.457. The van der Waals surface area contributed by atoms with Crippen LogP contribution in [0, 0.1) is 0 Å². The van der Waals surface area contributed by atoms with Gasteiger partial charge < -0.3 is 0 Å². The quantitative estimate of drug-likeness (QED) is 0.457. The molecule has 0 unspecified atom stereocenters. The fraction of sp³-hybridized carbons (Fsp3) is 0.667. The normalized spacial score (nSPS) is 19.9. The Morgan fingerprint density at radius 3 is 3.00 bits per heavy atom. The molecule has 0 radical (unpaired) electrons. The van der Waals surface area contributed by atoms with Crippen molar-refractivity contribution in [3.8, 4) is 0 Å². The van der Waals surface area contributed by atoms with E-state index in [-0.39, 0.29) is 0 Å². The molecule has 0 saturated heterocycles. The van der Waals surface area contributed by atoms with Gasteiger partial charge in [-0.15, -0.1) is 0 Å². The number of rotatable bonds is 1. The van der Waals surface area contributed by atoms with Gasteiger partial charge in [0.1, 0.15) is 0 Å². The van der Waals surface area contributed by atoms with E-state index < -0.39 is 0 Å². The van der Waals surface area contributed by atoms with E-state index in [4.69, 9.17) is 0 Å².